The fourth-order valence-corrected chi connectivity index (χ4v) is 2.18. The predicted octanol–water partition coefficient (Wildman–Crippen LogP) is 2.40. The predicted molar refractivity (Wildman–Crippen MR) is 81.0 cm³/mol. The normalized spacial score (nSPS) is 13.6. The van der Waals surface area contributed by atoms with E-state index in [1.54, 1.807) is 19.1 Å². The molecule has 0 saturated carbocycles. The van der Waals surface area contributed by atoms with E-state index >= 15 is 0 Å². The van der Waals surface area contributed by atoms with Gasteiger partial charge in [0.1, 0.15) is 5.82 Å². The van der Waals surface area contributed by atoms with Crippen molar-refractivity contribution in [3.05, 3.63) is 71.5 Å². The number of benzene rings is 2. The quantitative estimate of drug-likeness (QED) is 0.856. The molecule has 2 rings (SSSR count). The van der Waals surface area contributed by atoms with E-state index in [2.05, 4.69) is 5.32 Å². The molecule has 0 radical (unpaired) electrons. The summed E-state index contributed by atoms with van der Waals surface area (Å²) in [6.45, 7) is 2.26. The van der Waals surface area contributed by atoms with Crippen LogP contribution < -0.4 is 11.1 Å². The van der Waals surface area contributed by atoms with Crippen LogP contribution in [0, 0.1) is 5.82 Å². The third-order valence-corrected chi connectivity index (χ3v) is 3.52. The van der Waals surface area contributed by atoms with Crippen LogP contribution in [0.1, 0.15) is 18.1 Å². The molecule has 0 bridgehead atoms. The average molecular weight is 286 g/mol. The van der Waals surface area contributed by atoms with Crippen molar-refractivity contribution >= 4 is 5.91 Å². The van der Waals surface area contributed by atoms with Gasteiger partial charge in [-0.3, -0.25) is 10.1 Å². The van der Waals surface area contributed by atoms with Crippen molar-refractivity contribution in [1.29, 1.82) is 0 Å². The largest absolute Gasteiger partial charge is 0.368 e. The molecule has 21 heavy (non-hydrogen) atoms. The van der Waals surface area contributed by atoms with Crippen LogP contribution in [0.4, 0.5) is 4.39 Å². The zero-order valence-electron chi connectivity index (χ0n) is 12.0. The SMILES string of the molecule is CC(Cc1cccc(F)c1)(NCc1ccccc1)C(N)=O. The summed E-state index contributed by atoms with van der Waals surface area (Å²) in [5.41, 5.74) is 6.39. The van der Waals surface area contributed by atoms with Gasteiger partial charge in [-0.05, 0) is 36.6 Å². The maximum absolute atomic E-state index is 13.3. The highest BCUT2D eigenvalue weighted by atomic mass is 19.1. The van der Waals surface area contributed by atoms with Gasteiger partial charge >= 0.3 is 0 Å². The Morgan fingerprint density at radius 1 is 1.14 bits per heavy atom. The Labute approximate surface area is 124 Å². The van der Waals surface area contributed by atoms with Crippen molar-refractivity contribution in [1.82, 2.24) is 5.32 Å². The standard InChI is InChI=1S/C17H19FN2O/c1-17(16(19)21,11-14-8-5-9-15(18)10-14)20-12-13-6-3-2-4-7-13/h2-10,20H,11-12H2,1H3,(H2,19,21). The van der Waals surface area contributed by atoms with Crippen molar-refractivity contribution in [3.63, 3.8) is 0 Å². The van der Waals surface area contributed by atoms with Crippen LogP contribution in [-0.2, 0) is 17.8 Å². The summed E-state index contributed by atoms with van der Waals surface area (Å²) in [6.07, 6.45) is 0.340. The molecule has 110 valence electrons. The van der Waals surface area contributed by atoms with Crippen LogP contribution >= 0.6 is 0 Å². The molecule has 1 amide bonds. The first-order valence-electron chi connectivity index (χ1n) is 6.83. The molecule has 1 unspecified atom stereocenters. The van der Waals surface area contributed by atoms with E-state index < -0.39 is 11.4 Å². The van der Waals surface area contributed by atoms with E-state index in [-0.39, 0.29) is 5.82 Å². The minimum atomic E-state index is -0.927. The number of nitrogens with two attached hydrogens (primary N) is 1. The molecule has 1 atom stereocenters. The number of halogens is 1. The van der Waals surface area contributed by atoms with Gasteiger partial charge in [-0.15, -0.1) is 0 Å². The monoisotopic (exact) mass is 286 g/mol. The fraction of sp³-hybridized carbons (Fsp3) is 0.235. The van der Waals surface area contributed by atoms with Crippen molar-refractivity contribution in [3.8, 4) is 0 Å². The highest BCUT2D eigenvalue weighted by Crippen LogP contribution is 2.15. The Balaban J connectivity index is 2.11. The number of carbonyl (C=O) groups excluding carboxylic acids is 1. The molecule has 4 heteroatoms. The van der Waals surface area contributed by atoms with Gasteiger partial charge in [-0.25, -0.2) is 4.39 Å². The number of primary amides is 1. The second kappa shape index (κ2) is 6.50. The van der Waals surface area contributed by atoms with Crippen molar-refractivity contribution in [2.24, 2.45) is 5.73 Å². The van der Waals surface area contributed by atoms with E-state index in [1.807, 2.05) is 30.3 Å². The van der Waals surface area contributed by atoms with Gasteiger partial charge in [0.15, 0.2) is 0 Å². The van der Waals surface area contributed by atoms with E-state index in [0.29, 0.717) is 13.0 Å². The van der Waals surface area contributed by atoms with E-state index in [0.717, 1.165) is 11.1 Å². The lowest BCUT2D eigenvalue weighted by Crippen LogP contribution is -2.54. The highest BCUT2D eigenvalue weighted by molar-refractivity contribution is 5.84. The highest BCUT2D eigenvalue weighted by Gasteiger charge is 2.30. The zero-order chi connectivity index (χ0) is 15.3. The first-order chi connectivity index (χ1) is 9.99. The molecule has 2 aromatic rings. The first-order valence-corrected chi connectivity index (χ1v) is 6.83. The van der Waals surface area contributed by atoms with Crippen molar-refractivity contribution in [2.45, 2.75) is 25.4 Å². The molecule has 0 aliphatic heterocycles. The summed E-state index contributed by atoms with van der Waals surface area (Å²) >= 11 is 0. The van der Waals surface area contributed by atoms with Crippen molar-refractivity contribution < 1.29 is 9.18 Å². The topological polar surface area (TPSA) is 55.1 Å². The van der Waals surface area contributed by atoms with Gasteiger partial charge in [0, 0.05) is 6.54 Å². The summed E-state index contributed by atoms with van der Waals surface area (Å²) in [7, 11) is 0. The molecular formula is C17H19FN2O. The molecular weight excluding hydrogens is 267 g/mol. The van der Waals surface area contributed by atoms with E-state index in [1.165, 1.54) is 12.1 Å². The van der Waals surface area contributed by atoms with Crippen molar-refractivity contribution in [2.75, 3.05) is 0 Å². The molecule has 0 aromatic heterocycles. The second-order valence-electron chi connectivity index (χ2n) is 5.34. The molecule has 0 fully saturated rings. The number of amides is 1. The summed E-state index contributed by atoms with van der Waals surface area (Å²) in [4.78, 5) is 11.8. The summed E-state index contributed by atoms with van der Waals surface area (Å²) < 4.78 is 13.3. The number of nitrogens with one attached hydrogen (secondary N) is 1. The van der Waals surface area contributed by atoms with E-state index in [9.17, 15) is 9.18 Å². The summed E-state index contributed by atoms with van der Waals surface area (Å²) in [5, 5.41) is 3.18. The van der Waals surface area contributed by atoms with Crippen LogP contribution in [0.15, 0.2) is 54.6 Å². The molecule has 2 aromatic carbocycles. The van der Waals surface area contributed by atoms with Gasteiger partial charge < -0.3 is 5.73 Å². The lowest BCUT2D eigenvalue weighted by molar-refractivity contribution is -0.123. The van der Waals surface area contributed by atoms with Crippen LogP contribution in [0.5, 0.6) is 0 Å². The second-order valence-corrected chi connectivity index (χ2v) is 5.34. The van der Waals surface area contributed by atoms with Crippen LogP contribution in [-0.4, -0.2) is 11.4 Å². The maximum Gasteiger partial charge on any atom is 0.237 e. The number of rotatable bonds is 6. The summed E-state index contributed by atoms with van der Waals surface area (Å²) in [5.74, 6) is -0.773. The lowest BCUT2D eigenvalue weighted by Gasteiger charge is -2.28. The van der Waals surface area contributed by atoms with Crippen LogP contribution in [0.25, 0.3) is 0 Å². The lowest BCUT2D eigenvalue weighted by atomic mass is 9.91. The number of hydrogen-bond donors (Lipinski definition) is 2. The molecule has 0 saturated heterocycles. The third-order valence-electron chi connectivity index (χ3n) is 3.52. The van der Waals surface area contributed by atoms with Crippen LogP contribution in [0.2, 0.25) is 0 Å². The Kier molecular flexibility index (Phi) is 4.70. The molecule has 0 heterocycles. The van der Waals surface area contributed by atoms with Gasteiger partial charge in [-0.2, -0.15) is 0 Å². The Morgan fingerprint density at radius 2 is 1.81 bits per heavy atom. The maximum atomic E-state index is 13.3. The van der Waals surface area contributed by atoms with Gasteiger partial charge in [0.2, 0.25) is 5.91 Å². The van der Waals surface area contributed by atoms with Gasteiger partial charge in [0.25, 0.3) is 0 Å². The number of hydrogen-bond acceptors (Lipinski definition) is 2. The zero-order valence-corrected chi connectivity index (χ0v) is 12.0. The minimum Gasteiger partial charge on any atom is -0.368 e. The fourth-order valence-electron chi connectivity index (χ4n) is 2.18. The van der Waals surface area contributed by atoms with Gasteiger partial charge in [0.05, 0.1) is 5.54 Å². The molecule has 0 aliphatic rings. The van der Waals surface area contributed by atoms with Gasteiger partial charge in [-0.1, -0.05) is 42.5 Å². The Bertz CT molecular complexity index is 615. The van der Waals surface area contributed by atoms with E-state index in [4.69, 9.17) is 5.73 Å². The molecule has 3 nitrogen and oxygen atoms in total. The first kappa shape index (κ1) is 15.2. The molecule has 3 N–H and O–H groups in total. The Morgan fingerprint density at radius 3 is 2.43 bits per heavy atom. The number of carbonyl (C=O) groups is 1. The Hall–Kier alpha value is -2.20. The molecule has 0 spiro atoms. The summed E-state index contributed by atoms with van der Waals surface area (Å²) in [6, 6.07) is 16.0. The average Bonchev–Trinajstić information content (AvgIpc) is 2.46. The van der Waals surface area contributed by atoms with Crippen LogP contribution in [0.3, 0.4) is 0 Å². The third kappa shape index (κ3) is 4.13. The molecule has 0 aliphatic carbocycles. The minimum absolute atomic E-state index is 0.317. The smallest absolute Gasteiger partial charge is 0.237 e.